The summed E-state index contributed by atoms with van der Waals surface area (Å²) >= 11 is 0. The van der Waals surface area contributed by atoms with Crippen LogP contribution in [0.4, 0.5) is 0 Å². The van der Waals surface area contributed by atoms with Crippen molar-refractivity contribution < 1.29 is 9.46 Å². The van der Waals surface area contributed by atoms with Gasteiger partial charge in [0.25, 0.3) is 7.52 Å². The van der Waals surface area contributed by atoms with Gasteiger partial charge in [-0.1, -0.05) is 79.7 Å². The van der Waals surface area contributed by atoms with Crippen molar-refractivity contribution in [3.63, 3.8) is 0 Å². The molecule has 0 radical (unpaired) electrons. The molecule has 25 heavy (non-hydrogen) atoms. The Kier molecular flexibility index (Phi) is 5.10. The van der Waals surface area contributed by atoms with E-state index >= 15 is 0 Å². The maximum Gasteiger partial charge on any atom is 0.272 e. The van der Waals surface area contributed by atoms with Crippen LogP contribution in [0, 0.1) is 0 Å². The van der Waals surface area contributed by atoms with E-state index in [0.717, 1.165) is 21.9 Å². The number of hydrogen-bond donors (Lipinski definition) is 2. The average Bonchev–Trinajstić information content (AvgIpc) is 2.61. The Morgan fingerprint density at radius 3 is 2.32 bits per heavy atom. The first-order valence-electron chi connectivity index (χ1n) is 8.57. The lowest BCUT2D eigenvalue weighted by Crippen LogP contribution is -2.37. The molecule has 0 spiro atoms. The van der Waals surface area contributed by atoms with Gasteiger partial charge in [-0.05, 0) is 35.2 Å². The molecule has 0 fully saturated rings. The van der Waals surface area contributed by atoms with Crippen molar-refractivity contribution in [1.82, 2.24) is 5.09 Å². The normalized spacial score (nSPS) is 16.3. The maximum absolute atomic E-state index is 12.9. The lowest BCUT2D eigenvalue weighted by molar-refractivity contribution is 0.378. The predicted molar refractivity (Wildman–Crippen MR) is 105 cm³/mol. The van der Waals surface area contributed by atoms with E-state index in [1.807, 2.05) is 68.4 Å². The molecule has 3 aromatic rings. The maximum atomic E-state index is 12.9. The Labute approximate surface area is 149 Å². The van der Waals surface area contributed by atoms with Gasteiger partial charge in [-0.3, -0.25) is 4.57 Å². The van der Waals surface area contributed by atoms with Gasteiger partial charge in [-0.2, -0.15) is 0 Å². The molecule has 2 unspecified atom stereocenters. The van der Waals surface area contributed by atoms with E-state index in [4.69, 9.17) is 0 Å². The fraction of sp³-hybridized carbons (Fsp3) is 0.238. The van der Waals surface area contributed by atoms with Crippen LogP contribution in [0.2, 0.25) is 0 Å². The third kappa shape index (κ3) is 4.01. The van der Waals surface area contributed by atoms with Crippen LogP contribution in [0.3, 0.4) is 0 Å². The molecule has 4 heteroatoms. The topological polar surface area (TPSA) is 49.3 Å². The highest BCUT2D eigenvalue weighted by Crippen LogP contribution is 2.46. The summed E-state index contributed by atoms with van der Waals surface area (Å²) in [5, 5.41) is 5.34. The number of nitrogens with one attached hydrogen (secondary N) is 1. The van der Waals surface area contributed by atoms with Crippen LogP contribution in [-0.4, -0.2) is 4.89 Å². The summed E-state index contributed by atoms with van der Waals surface area (Å²) in [6.07, 6.45) is 0.828. The largest absolute Gasteiger partial charge is 0.333 e. The van der Waals surface area contributed by atoms with Gasteiger partial charge in [0.2, 0.25) is 0 Å². The molecule has 3 rings (SSSR count). The number of fused-ring (bicyclic) bond motifs is 1. The molecule has 0 saturated carbocycles. The van der Waals surface area contributed by atoms with Crippen LogP contribution >= 0.6 is 7.52 Å². The van der Waals surface area contributed by atoms with Gasteiger partial charge >= 0.3 is 0 Å². The Morgan fingerprint density at radius 2 is 1.60 bits per heavy atom. The standard InChI is InChI=1S/C21H24NO2P/c1-3-21(2,20-15-9-13-18-12-7-8-14-19(18)20)22-25(23,24)16-17-10-5-4-6-11-17/h4-15H,3,16H2,1-2H3,(H2,22,23,24). The predicted octanol–water partition coefficient (Wildman–Crippen LogP) is 5.44. The lowest BCUT2D eigenvalue weighted by atomic mass is 9.87. The Bertz CT molecular complexity index is 905. The first-order valence-corrected chi connectivity index (χ1v) is 10.4. The summed E-state index contributed by atoms with van der Waals surface area (Å²) in [7, 11) is -3.55. The summed E-state index contributed by atoms with van der Waals surface area (Å²) in [6.45, 7) is 4.04. The molecule has 0 aliphatic rings. The van der Waals surface area contributed by atoms with E-state index in [9.17, 15) is 9.46 Å². The summed E-state index contributed by atoms with van der Waals surface area (Å²) in [6, 6.07) is 23.7. The van der Waals surface area contributed by atoms with Gasteiger partial charge in [-0.15, -0.1) is 0 Å². The zero-order valence-corrected chi connectivity index (χ0v) is 15.5. The molecule has 0 aliphatic carbocycles. The molecule has 2 atom stereocenters. The zero-order valence-electron chi connectivity index (χ0n) is 14.6. The van der Waals surface area contributed by atoms with Crippen molar-refractivity contribution in [3.05, 3.63) is 83.9 Å². The summed E-state index contributed by atoms with van der Waals surface area (Å²) in [4.78, 5) is 10.6. The van der Waals surface area contributed by atoms with Gasteiger partial charge in [0, 0.05) is 5.54 Å². The minimum Gasteiger partial charge on any atom is -0.333 e. The molecule has 130 valence electrons. The second kappa shape index (κ2) is 7.13. The lowest BCUT2D eigenvalue weighted by Gasteiger charge is -2.33. The highest BCUT2D eigenvalue weighted by Gasteiger charge is 2.33. The zero-order chi connectivity index (χ0) is 17.9. The molecule has 0 saturated heterocycles. The second-order valence-electron chi connectivity index (χ2n) is 6.67. The fourth-order valence-electron chi connectivity index (χ4n) is 3.29. The smallest absolute Gasteiger partial charge is 0.272 e. The first kappa shape index (κ1) is 17.9. The third-order valence-electron chi connectivity index (χ3n) is 4.75. The molecular weight excluding hydrogens is 329 g/mol. The second-order valence-corrected chi connectivity index (χ2v) is 8.61. The molecule has 0 amide bonds. The van der Waals surface area contributed by atoms with E-state index in [-0.39, 0.29) is 6.16 Å². The molecule has 3 aromatic carbocycles. The summed E-state index contributed by atoms with van der Waals surface area (Å²) in [5.74, 6) is 0. The Hall–Kier alpha value is -1.93. The highest BCUT2D eigenvalue weighted by atomic mass is 31.2. The van der Waals surface area contributed by atoms with Crippen molar-refractivity contribution in [1.29, 1.82) is 0 Å². The van der Waals surface area contributed by atoms with Crippen LogP contribution in [0.5, 0.6) is 0 Å². The first-order chi connectivity index (χ1) is 11.9. The van der Waals surface area contributed by atoms with E-state index in [1.54, 1.807) is 0 Å². The van der Waals surface area contributed by atoms with Gasteiger partial charge < -0.3 is 4.89 Å². The summed E-state index contributed by atoms with van der Waals surface area (Å²) < 4.78 is 12.9. The fourth-order valence-corrected chi connectivity index (χ4v) is 5.13. The van der Waals surface area contributed by atoms with Crippen molar-refractivity contribution in [2.75, 3.05) is 0 Å². The Balaban J connectivity index is 1.96. The van der Waals surface area contributed by atoms with Crippen LogP contribution in [0.25, 0.3) is 10.8 Å². The van der Waals surface area contributed by atoms with Crippen molar-refractivity contribution in [3.8, 4) is 0 Å². The molecule has 0 aliphatic heterocycles. The van der Waals surface area contributed by atoms with Gasteiger partial charge in [-0.25, -0.2) is 5.09 Å². The average molecular weight is 353 g/mol. The van der Waals surface area contributed by atoms with E-state index in [1.165, 1.54) is 0 Å². The molecule has 2 N–H and O–H groups in total. The molecule has 0 heterocycles. The highest BCUT2D eigenvalue weighted by molar-refractivity contribution is 7.55. The minimum atomic E-state index is -3.55. The van der Waals surface area contributed by atoms with Crippen molar-refractivity contribution >= 4 is 18.3 Å². The van der Waals surface area contributed by atoms with E-state index in [2.05, 4.69) is 23.3 Å². The van der Waals surface area contributed by atoms with Gasteiger partial charge in [0.1, 0.15) is 0 Å². The number of hydrogen-bond acceptors (Lipinski definition) is 1. The monoisotopic (exact) mass is 353 g/mol. The van der Waals surface area contributed by atoms with Crippen LogP contribution in [0.1, 0.15) is 31.4 Å². The number of rotatable bonds is 6. The van der Waals surface area contributed by atoms with Crippen molar-refractivity contribution in [2.45, 2.75) is 32.0 Å². The van der Waals surface area contributed by atoms with Gasteiger partial charge in [0.15, 0.2) is 0 Å². The van der Waals surface area contributed by atoms with Crippen LogP contribution < -0.4 is 5.09 Å². The Morgan fingerprint density at radius 1 is 0.960 bits per heavy atom. The van der Waals surface area contributed by atoms with E-state index < -0.39 is 13.1 Å². The quantitative estimate of drug-likeness (QED) is 0.580. The van der Waals surface area contributed by atoms with Gasteiger partial charge in [0.05, 0.1) is 6.16 Å². The third-order valence-corrected chi connectivity index (χ3v) is 6.39. The number of benzene rings is 3. The SMILES string of the molecule is CCC(C)(NP(=O)(O)Cc1ccccc1)c1cccc2ccccc12. The van der Waals surface area contributed by atoms with Crippen LogP contribution in [-0.2, 0) is 16.3 Å². The molecular formula is C21H24NO2P. The van der Waals surface area contributed by atoms with E-state index in [0.29, 0.717) is 6.42 Å². The van der Waals surface area contributed by atoms with Crippen molar-refractivity contribution in [2.24, 2.45) is 0 Å². The molecule has 3 nitrogen and oxygen atoms in total. The minimum absolute atomic E-state index is 0.119. The summed E-state index contributed by atoms with van der Waals surface area (Å²) in [5.41, 5.74) is 1.33. The molecule has 0 aromatic heterocycles. The molecule has 0 bridgehead atoms. The van der Waals surface area contributed by atoms with Crippen LogP contribution in [0.15, 0.2) is 72.8 Å².